The minimum Gasteiger partial charge on any atom is -0.332 e. The van der Waals surface area contributed by atoms with Gasteiger partial charge in [-0.05, 0) is 48.6 Å². The minimum absolute atomic E-state index is 0.109. The Kier molecular flexibility index (Phi) is 6.27. The number of para-hydroxylation sites is 1. The summed E-state index contributed by atoms with van der Waals surface area (Å²) in [6.45, 7) is 0. The van der Waals surface area contributed by atoms with E-state index in [9.17, 15) is 21.2 Å². The van der Waals surface area contributed by atoms with Crippen LogP contribution in [0.5, 0.6) is 0 Å². The Labute approximate surface area is 180 Å². The van der Waals surface area contributed by atoms with Crippen LogP contribution in [0.2, 0.25) is 0 Å². The zero-order chi connectivity index (χ0) is 21.9. The average molecular weight is 489 g/mol. The third-order valence-corrected chi connectivity index (χ3v) is 7.25. The van der Waals surface area contributed by atoms with Crippen molar-refractivity contribution in [2.75, 3.05) is 15.4 Å². The molecule has 0 saturated heterocycles. The highest BCUT2D eigenvalue weighted by atomic mass is 32.2. The van der Waals surface area contributed by atoms with Crippen LogP contribution in [0, 0.1) is 5.82 Å². The van der Waals surface area contributed by atoms with Crippen LogP contribution in [0.15, 0.2) is 57.8 Å². The Hall–Kier alpha value is -2.72. The molecule has 0 aliphatic rings. The maximum absolute atomic E-state index is 13.6. The van der Waals surface area contributed by atoms with Crippen molar-refractivity contribution >= 4 is 65.2 Å². The van der Waals surface area contributed by atoms with Gasteiger partial charge in [-0.15, -0.1) is 10.2 Å². The Bertz CT molecular complexity index is 1290. The highest BCUT2D eigenvalue weighted by molar-refractivity contribution is 7.93. The second-order valence-electron chi connectivity index (χ2n) is 5.61. The average Bonchev–Trinajstić information content (AvgIpc) is 3.12. The minimum atomic E-state index is -4.08. The monoisotopic (exact) mass is 488 g/mol. The van der Waals surface area contributed by atoms with E-state index in [0.717, 1.165) is 0 Å². The van der Waals surface area contributed by atoms with E-state index >= 15 is 0 Å². The number of aromatic nitrogens is 2. The van der Waals surface area contributed by atoms with E-state index in [1.807, 2.05) is 0 Å². The first-order chi connectivity index (χ1) is 14.0. The third kappa shape index (κ3) is 5.45. The van der Waals surface area contributed by atoms with Gasteiger partial charge in [0.2, 0.25) is 9.47 Å². The molecule has 0 bridgehead atoms. The Morgan fingerprint density at radius 2 is 1.67 bits per heavy atom. The van der Waals surface area contributed by atoms with Gasteiger partial charge in [-0.3, -0.25) is 4.72 Å². The molecular formula is C15H13FN6O4S4. The number of rotatable bonds is 6. The van der Waals surface area contributed by atoms with E-state index in [0.29, 0.717) is 17.0 Å². The number of sulfonamides is 2. The van der Waals surface area contributed by atoms with Crippen LogP contribution >= 0.6 is 23.6 Å². The molecule has 3 aromatic rings. The van der Waals surface area contributed by atoms with Crippen molar-refractivity contribution < 1.29 is 21.2 Å². The number of hydrogen-bond donors (Lipinski definition) is 4. The van der Waals surface area contributed by atoms with E-state index in [2.05, 4.69) is 25.6 Å². The predicted octanol–water partition coefficient (Wildman–Crippen LogP) is 1.93. The largest absolute Gasteiger partial charge is 0.332 e. The number of anilines is 3. The van der Waals surface area contributed by atoms with Gasteiger partial charge in [-0.2, -0.15) is 0 Å². The van der Waals surface area contributed by atoms with Gasteiger partial charge in [0.1, 0.15) is 5.82 Å². The highest BCUT2D eigenvalue weighted by Gasteiger charge is 2.20. The lowest BCUT2D eigenvalue weighted by Crippen LogP contribution is -2.20. The fourth-order valence-electron chi connectivity index (χ4n) is 2.10. The van der Waals surface area contributed by atoms with Gasteiger partial charge in [0, 0.05) is 5.69 Å². The number of benzene rings is 2. The predicted molar refractivity (Wildman–Crippen MR) is 115 cm³/mol. The van der Waals surface area contributed by atoms with Crippen molar-refractivity contribution in [1.82, 2.24) is 10.2 Å². The molecule has 0 aliphatic carbocycles. The zero-order valence-corrected chi connectivity index (χ0v) is 18.0. The van der Waals surface area contributed by atoms with Crippen LogP contribution in [-0.2, 0) is 20.0 Å². The molecule has 3 rings (SSSR count). The summed E-state index contributed by atoms with van der Waals surface area (Å²) in [5.74, 6) is -0.476. The summed E-state index contributed by atoms with van der Waals surface area (Å²) in [4.78, 5) is -0.117. The van der Waals surface area contributed by atoms with Crippen molar-refractivity contribution in [2.24, 2.45) is 5.14 Å². The molecule has 15 heteroatoms. The summed E-state index contributed by atoms with van der Waals surface area (Å²) in [5.41, 5.74) is 0.643. The first kappa shape index (κ1) is 22.0. The van der Waals surface area contributed by atoms with E-state index < -0.39 is 30.2 Å². The number of nitrogens with two attached hydrogens (primary N) is 1. The molecule has 10 nitrogen and oxygen atoms in total. The number of hydrogen-bond acceptors (Lipinski definition) is 8. The maximum Gasteiger partial charge on any atom is 0.267 e. The lowest BCUT2D eigenvalue weighted by atomic mass is 10.3. The second kappa shape index (κ2) is 8.57. The molecule has 0 amide bonds. The molecule has 0 radical (unpaired) electrons. The molecule has 2 aromatic carbocycles. The maximum atomic E-state index is 13.6. The lowest BCUT2D eigenvalue weighted by molar-refractivity contribution is 0.595. The van der Waals surface area contributed by atoms with Gasteiger partial charge in [-0.25, -0.2) is 26.4 Å². The van der Waals surface area contributed by atoms with Gasteiger partial charge in [0.25, 0.3) is 20.0 Å². The van der Waals surface area contributed by atoms with Gasteiger partial charge < -0.3 is 10.6 Å². The van der Waals surface area contributed by atoms with Crippen molar-refractivity contribution in [2.45, 2.75) is 9.24 Å². The molecule has 1 aromatic heterocycles. The summed E-state index contributed by atoms with van der Waals surface area (Å²) < 4.78 is 62.5. The number of primary sulfonamides is 1. The van der Waals surface area contributed by atoms with Crippen LogP contribution in [0.3, 0.4) is 0 Å². The molecule has 1 heterocycles. The number of halogens is 1. The number of nitrogens with zero attached hydrogens (tertiary/aromatic N) is 2. The lowest BCUT2D eigenvalue weighted by Gasteiger charge is -2.11. The fraction of sp³-hybridized carbons (Fsp3) is 0. The van der Waals surface area contributed by atoms with Crippen molar-refractivity contribution in [3.63, 3.8) is 0 Å². The standard InChI is InChI=1S/C15H13FN6O4S4/c16-11-3-1-2-4-12(11)19-13(27)18-9-5-7-10(8-6-9)30(25,26)22-14-20-21-15(28-14)29(17,23)24/h1-8H,(H,20,22)(H2,17,23,24)(H2,18,19,27). The first-order valence-corrected chi connectivity index (χ1v) is 12.1. The van der Waals surface area contributed by atoms with Crippen LogP contribution in [-0.4, -0.2) is 32.1 Å². The molecule has 0 aliphatic heterocycles. The molecule has 5 N–H and O–H groups in total. The molecule has 0 saturated carbocycles. The Morgan fingerprint density at radius 1 is 1.00 bits per heavy atom. The Morgan fingerprint density at radius 3 is 2.27 bits per heavy atom. The summed E-state index contributed by atoms with van der Waals surface area (Å²) in [7, 11) is -8.13. The SMILES string of the molecule is NS(=O)(=O)c1nnc(NS(=O)(=O)c2ccc(NC(=S)Nc3ccccc3F)cc2)s1. The van der Waals surface area contributed by atoms with E-state index in [1.54, 1.807) is 12.1 Å². The molecule has 0 unspecified atom stereocenters. The summed E-state index contributed by atoms with van der Waals surface area (Å²) in [6, 6.07) is 11.4. The van der Waals surface area contributed by atoms with Crippen molar-refractivity contribution in [3.05, 3.63) is 54.3 Å². The zero-order valence-electron chi connectivity index (χ0n) is 14.7. The molecule has 0 spiro atoms. The Balaban J connectivity index is 1.67. The highest BCUT2D eigenvalue weighted by Crippen LogP contribution is 2.23. The first-order valence-electron chi connectivity index (χ1n) is 7.86. The van der Waals surface area contributed by atoms with Crippen LogP contribution < -0.4 is 20.5 Å². The summed E-state index contributed by atoms with van der Waals surface area (Å²) in [5, 5.41) is 17.0. The molecule has 0 atom stereocenters. The van der Waals surface area contributed by atoms with Crippen LogP contribution in [0.1, 0.15) is 0 Å². The topological polar surface area (TPSA) is 156 Å². The summed E-state index contributed by atoms with van der Waals surface area (Å²) >= 11 is 5.59. The number of nitrogens with one attached hydrogen (secondary N) is 3. The quantitative estimate of drug-likeness (QED) is 0.381. The van der Waals surface area contributed by atoms with Crippen LogP contribution in [0.25, 0.3) is 0 Å². The van der Waals surface area contributed by atoms with Gasteiger partial charge >= 0.3 is 0 Å². The molecule has 0 fully saturated rings. The van der Waals surface area contributed by atoms with Gasteiger partial charge in [0.05, 0.1) is 10.6 Å². The fourth-order valence-corrected chi connectivity index (χ4v) is 4.90. The number of thiocarbonyl (C=S) groups is 1. The molecule has 158 valence electrons. The van der Waals surface area contributed by atoms with E-state index in [1.165, 1.54) is 36.4 Å². The van der Waals surface area contributed by atoms with E-state index in [4.69, 9.17) is 17.4 Å². The third-order valence-electron chi connectivity index (χ3n) is 3.42. The summed E-state index contributed by atoms with van der Waals surface area (Å²) in [6.07, 6.45) is 0. The van der Waals surface area contributed by atoms with Gasteiger partial charge in [0.15, 0.2) is 5.11 Å². The van der Waals surface area contributed by atoms with E-state index in [-0.39, 0.29) is 20.8 Å². The van der Waals surface area contributed by atoms with Gasteiger partial charge in [-0.1, -0.05) is 23.5 Å². The normalized spacial score (nSPS) is 11.7. The van der Waals surface area contributed by atoms with Crippen molar-refractivity contribution in [3.8, 4) is 0 Å². The molecule has 30 heavy (non-hydrogen) atoms. The van der Waals surface area contributed by atoms with Crippen LogP contribution in [0.4, 0.5) is 20.9 Å². The second-order valence-corrected chi connectivity index (χ2v) is 10.4. The molecular weight excluding hydrogens is 475 g/mol. The van der Waals surface area contributed by atoms with Crippen molar-refractivity contribution in [1.29, 1.82) is 0 Å². The smallest absolute Gasteiger partial charge is 0.267 e.